The summed E-state index contributed by atoms with van der Waals surface area (Å²) in [5.41, 5.74) is 4.03. The summed E-state index contributed by atoms with van der Waals surface area (Å²) < 4.78 is 13.2. The van der Waals surface area contributed by atoms with E-state index >= 15 is 0 Å². The van der Waals surface area contributed by atoms with Crippen LogP contribution in [0, 0.1) is 13.8 Å². The van der Waals surface area contributed by atoms with Crippen LogP contribution >= 0.6 is 11.6 Å². The maximum Gasteiger partial charge on any atom is 0.291 e. The monoisotopic (exact) mass is 435 g/mol. The minimum atomic E-state index is -0.322. The van der Waals surface area contributed by atoms with Gasteiger partial charge in [-0.25, -0.2) is 0 Å². The highest BCUT2D eigenvalue weighted by Gasteiger charge is 2.12. The van der Waals surface area contributed by atoms with Gasteiger partial charge in [-0.15, -0.1) is 0 Å². The molecule has 0 fully saturated rings. The molecular weight excluding hydrogens is 414 g/mol. The number of aromatic nitrogens is 2. The third kappa shape index (κ3) is 5.35. The molecule has 4 aromatic rings. The smallest absolute Gasteiger partial charge is 0.291 e. The Labute approximate surface area is 185 Å². The van der Waals surface area contributed by atoms with Gasteiger partial charge in [-0.3, -0.25) is 9.48 Å². The minimum Gasteiger partial charge on any atom is -0.486 e. The summed E-state index contributed by atoms with van der Waals surface area (Å²) in [5.74, 6) is 1.24. The largest absolute Gasteiger partial charge is 0.486 e. The van der Waals surface area contributed by atoms with Crippen molar-refractivity contribution in [2.24, 2.45) is 0 Å². The molecule has 0 unspecified atom stereocenters. The molecule has 1 N–H and O–H groups in total. The Bertz CT molecular complexity index is 1210. The van der Waals surface area contributed by atoms with Gasteiger partial charge in [0.15, 0.2) is 5.76 Å². The Hall–Kier alpha value is -3.51. The lowest BCUT2D eigenvalue weighted by atomic mass is 10.1. The highest BCUT2D eigenvalue weighted by molar-refractivity contribution is 6.30. The first-order valence-corrected chi connectivity index (χ1v) is 10.2. The fraction of sp³-hybridized carbons (Fsp3) is 0.167. The average Bonchev–Trinajstić information content (AvgIpc) is 3.38. The molecule has 0 bridgehead atoms. The normalized spacial score (nSPS) is 10.8. The number of benzene rings is 2. The van der Waals surface area contributed by atoms with Crippen molar-refractivity contribution >= 4 is 23.2 Å². The molecule has 0 saturated carbocycles. The molecule has 4 rings (SSSR count). The van der Waals surface area contributed by atoms with Gasteiger partial charge in [0.05, 0.1) is 17.8 Å². The van der Waals surface area contributed by atoms with Crippen LogP contribution in [0.25, 0.3) is 0 Å². The van der Waals surface area contributed by atoms with E-state index in [1.807, 2.05) is 49.4 Å². The fourth-order valence-electron chi connectivity index (χ4n) is 3.09. The number of carbonyl (C=O) groups is 1. The van der Waals surface area contributed by atoms with Gasteiger partial charge in [0.2, 0.25) is 0 Å². The van der Waals surface area contributed by atoms with E-state index in [-0.39, 0.29) is 18.3 Å². The number of ether oxygens (including phenoxy) is 1. The van der Waals surface area contributed by atoms with E-state index in [0.717, 1.165) is 16.9 Å². The van der Waals surface area contributed by atoms with E-state index in [2.05, 4.69) is 17.3 Å². The predicted molar refractivity (Wildman–Crippen MR) is 120 cm³/mol. The summed E-state index contributed by atoms with van der Waals surface area (Å²) >= 11 is 5.91. The number of furan rings is 1. The third-order valence-corrected chi connectivity index (χ3v) is 5.07. The van der Waals surface area contributed by atoms with Gasteiger partial charge in [0, 0.05) is 11.9 Å². The van der Waals surface area contributed by atoms with Crippen LogP contribution < -0.4 is 10.1 Å². The number of nitrogens with zero attached hydrogens (tertiary/aromatic N) is 2. The summed E-state index contributed by atoms with van der Waals surface area (Å²) in [6.07, 6.45) is 3.34. The number of hydrogen-bond acceptors (Lipinski definition) is 4. The molecule has 0 aliphatic rings. The molecule has 0 atom stereocenters. The Morgan fingerprint density at radius 3 is 2.77 bits per heavy atom. The third-order valence-electron chi connectivity index (χ3n) is 4.88. The lowest BCUT2D eigenvalue weighted by Crippen LogP contribution is -2.11. The summed E-state index contributed by atoms with van der Waals surface area (Å²) in [4.78, 5) is 12.6. The second-order valence-electron chi connectivity index (χ2n) is 7.31. The molecule has 2 aromatic carbocycles. The van der Waals surface area contributed by atoms with Crippen LogP contribution in [-0.4, -0.2) is 15.7 Å². The van der Waals surface area contributed by atoms with Crippen LogP contribution in [0.4, 0.5) is 5.69 Å². The molecule has 0 aliphatic carbocycles. The van der Waals surface area contributed by atoms with Crippen molar-refractivity contribution in [2.75, 3.05) is 5.32 Å². The van der Waals surface area contributed by atoms with E-state index in [9.17, 15) is 4.79 Å². The number of anilines is 1. The topological polar surface area (TPSA) is 69.3 Å². The van der Waals surface area contributed by atoms with Crippen molar-refractivity contribution < 1.29 is 13.9 Å². The number of halogens is 1. The second kappa shape index (κ2) is 9.10. The van der Waals surface area contributed by atoms with Gasteiger partial charge in [-0.1, -0.05) is 29.8 Å². The van der Waals surface area contributed by atoms with E-state index in [1.54, 1.807) is 29.2 Å². The van der Waals surface area contributed by atoms with Gasteiger partial charge in [-0.2, -0.15) is 5.10 Å². The standard InChI is InChI=1S/C24H22ClN3O3/c1-16-6-7-21(10-17(16)2)30-15-22-8-9-23(31-22)24(29)27-20-5-3-4-18(11-20)13-28-14-19(25)12-26-28/h3-12,14H,13,15H2,1-2H3,(H,27,29). The number of aryl methyl sites for hydroxylation is 2. The Morgan fingerprint density at radius 1 is 1.13 bits per heavy atom. The molecule has 0 saturated heterocycles. The molecule has 2 aromatic heterocycles. The number of amides is 1. The Balaban J connectivity index is 1.36. The first-order chi connectivity index (χ1) is 15.0. The van der Waals surface area contributed by atoms with E-state index in [4.69, 9.17) is 20.8 Å². The Morgan fingerprint density at radius 2 is 2.00 bits per heavy atom. The summed E-state index contributed by atoms with van der Waals surface area (Å²) in [5, 5.41) is 7.61. The van der Waals surface area contributed by atoms with Crippen molar-refractivity contribution in [3.63, 3.8) is 0 Å². The zero-order valence-corrected chi connectivity index (χ0v) is 18.0. The molecule has 7 heteroatoms. The predicted octanol–water partition coefficient (Wildman–Crippen LogP) is 5.63. The van der Waals surface area contributed by atoms with Gasteiger partial charge in [0.25, 0.3) is 5.91 Å². The van der Waals surface area contributed by atoms with Gasteiger partial charge in [0.1, 0.15) is 18.1 Å². The summed E-state index contributed by atoms with van der Waals surface area (Å²) in [6, 6.07) is 16.9. The van der Waals surface area contributed by atoms with E-state index in [1.165, 1.54) is 5.56 Å². The zero-order chi connectivity index (χ0) is 21.8. The molecular formula is C24H22ClN3O3. The van der Waals surface area contributed by atoms with Gasteiger partial charge in [-0.05, 0) is 66.9 Å². The molecule has 31 heavy (non-hydrogen) atoms. The highest BCUT2D eigenvalue weighted by Crippen LogP contribution is 2.19. The van der Waals surface area contributed by atoms with Crippen molar-refractivity contribution in [1.29, 1.82) is 0 Å². The van der Waals surface area contributed by atoms with Crippen molar-refractivity contribution in [2.45, 2.75) is 27.0 Å². The van der Waals surface area contributed by atoms with Crippen LogP contribution in [0.15, 0.2) is 71.4 Å². The van der Waals surface area contributed by atoms with Crippen LogP contribution in [0.5, 0.6) is 5.75 Å². The Kier molecular flexibility index (Phi) is 6.09. The SMILES string of the molecule is Cc1ccc(OCc2ccc(C(=O)Nc3cccc(Cn4cc(Cl)cn4)c3)o2)cc1C. The van der Waals surface area contributed by atoms with Gasteiger partial charge < -0.3 is 14.5 Å². The molecule has 6 nitrogen and oxygen atoms in total. The lowest BCUT2D eigenvalue weighted by molar-refractivity contribution is 0.0992. The first-order valence-electron chi connectivity index (χ1n) is 9.83. The van der Waals surface area contributed by atoms with Crippen molar-refractivity contribution in [1.82, 2.24) is 9.78 Å². The second-order valence-corrected chi connectivity index (χ2v) is 7.75. The zero-order valence-electron chi connectivity index (χ0n) is 17.3. The summed E-state index contributed by atoms with van der Waals surface area (Å²) in [6.45, 7) is 4.89. The van der Waals surface area contributed by atoms with Crippen LogP contribution in [0.2, 0.25) is 5.02 Å². The minimum absolute atomic E-state index is 0.225. The van der Waals surface area contributed by atoms with E-state index < -0.39 is 0 Å². The van der Waals surface area contributed by atoms with Crippen molar-refractivity contribution in [3.8, 4) is 5.75 Å². The first kappa shape index (κ1) is 20.8. The maximum atomic E-state index is 12.6. The number of hydrogen-bond donors (Lipinski definition) is 1. The highest BCUT2D eigenvalue weighted by atomic mass is 35.5. The molecule has 0 spiro atoms. The molecule has 0 radical (unpaired) electrons. The summed E-state index contributed by atoms with van der Waals surface area (Å²) in [7, 11) is 0. The molecule has 2 heterocycles. The van der Waals surface area contributed by atoms with Crippen LogP contribution in [0.3, 0.4) is 0 Å². The van der Waals surface area contributed by atoms with E-state index in [0.29, 0.717) is 23.0 Å². The number of carbonyl (C=O) groups excluding carboxylic acids is 1. The molecule has 1 amide bonds. The number of rotatable bonds is 7. The fourth-order valence-corrected chi connectivity index (χ4v) is 3.24. The number of nitrogens with one attached hydrogen (secondary N) is 1. The molecule has 0 aliphatic heterocycles. The van der Waals surface area contributed by atoms with Gasteiger partial charge >= 0.3 is 0 Å². The lowest BCUT2D eigenvalue weighted by Gasteiger charge is -2.07. The van der Waals surface area contributed by atoms with Crippen molar-refractivity contribution in [3.05, 3.63) is 100 Å². The van der Waals surface area contributed by atoms with Crippen LogP contribution in [0.1, 0.15) is 33.0 Å². The van der Waals surface area contributed by atoms with Crippen LogP contribution in [-0.2, 0) is 13.2 Å². The maximum absolute atomic E-state index is 12.6. The molecule has 158 valence electrons. The average molecular weight is 436 g/mol. The quantitative estimate of drug-likeness (QED) is 0.408.